The molecule has 0 aliphatic rings. The van der Waals surface area contributed by atoms with Gasteiger partial charge in [-0.3, -0.25) is 0 Å². The molecule has 1 aromatic rings. The number of anilines is 1. The van der Waals surface area contributed by atoms with Crippen LogP contribution in [0.15, 0.2) is 41.4 Å². The van der Waals surface area contributed by atoms with E-state index in [0.29, 0.717) is 0 Å². The summed E-state index contributed by atoms with van der Waals surface area (Å²) >= 11 is 3.42. The molecule has 0 unspecified atom stereocenters. The molecule has 0 heterocycles. The zero-order chi connectivity index (χ0) is 12.8. The van der Waals surface area contributed by atoms with Crippen LogP contribution in [0, 0.1) is 0 Å². The molecule has 0 radical (unpaired) electrons. The number of benzene rings is 1. The molecule has 0 saturated heterocycles. The number of hydrogen-bond donors (Lipinski definition) is 1. The van der Waals surface area contributed by atoms with Crippen molar-refractivity contribution in [2.75, 3.05) is 18.5 Å². The average Bonchev–Trinajstić information content (AvgIpc) is 2.27. The Hall–Kier alpha value is -1.55. The number of hydrogen-bond acceptors (Lipinski definition) is 2. The minimum atomic E-state index is -0.954. The Bertz CT molecular complexity index is 455. The van der Waals surface area contributed by atoms with Gasteiger partial charge in [0.25, 0.3) is 0 Å². The molecule has 1 rings (SSSR count). The number of carbonyl (C=O) groups is 1. The van der Waals surface area contributed by atoms with E-state index in [-0.39, 0.29) is 0 Å². The molecule has 0 aromatic heterocycles. The summed E-state index contributed by atoms with van der Waals surface area (Å²) in [5, 5.41) is 8.56. The number of halogens is 1. The Morgan fingerprint density at radius 1 is 1.59 bits per heavy atom. The highest BCUT2D eigenvalue weighted by Gasteiger charge is 2.02. The molecule has 0 spiro atoms. The second-order valence-electron chi connectivity index (χ2n) is 3.55. The largest absolute Gasteiger partial charge is 0.478 e. The molecule has 0 bridgehead atoms. The van der Waals surface area contributed by atoms with Gasteiger partial charge in [-0.05, 0) is 23.8 Å². The first-order valence-corrected chi connectivity index (χ1v) is 5.86. The van der Waals surface area contributed by atoms with Crippen LogP contribution in [0.5, 0.6) is 0 Å². The third kappa shape index (κ3) is 4.07. The zero-order valence-electron chi connectivity index (χ0n) is 9.56. The Morgan fingerprint density at radius 2 is 2.29 bits per heavy atom. The molecule has 17 heavy (non-hydrogen) atoms. The van der Waals surface area contributed by atoms with Crippen molar-refractivity contribution in [3.8, 4) is 0 Å². The molecule has 0 fully saturated rings. The molecular formula is C13H14BrNO2. The number of likely N-dealkylation sites (N-methyl/N-ethyl adjacent to an activating group) is 1. The fourth-order valence-electron chi connectivity index (χ4n) is 1.35. The maximum atomic E-state index is 10.4. The molecule has 3 nitrogen and oxygen atoms in total. The lowest BCUT2D eigenvalue weighted by atomic mass is 10.2. The van der Waals surface area contributed by atoms with Crippen molar-refractivity contribution < 1.29 is 9.90 Å². The Morgan fingerprint density at radius 3 is 2.82 bits per heavy atom. The minimum absolute atomic E-state index is 0.761. The first kappa shape index (κ1) is 13.5. The van der Waals surface area contributed by atoms with Crippen LogP contribution in [0.25, 0.3) is 6.08 Å². The van der Waals surface area contributed by atoms with Gasteiger partial charge in [-0.25, -0.2) is 4.79 Å². The van der Waals surface area contributed by atoms with Crippen molar-refractivity contribution in [1.82, 2.24) is 0 Å². The number of carboxylic acids is 1. The van der Waals surface area contributed by atoms with E-state index in [1.165, 1.54) is 0 Å². The molecular weight excluding hydrogens is 282 g/mol. The van der Waals surface area contributed by atoms with Gasteiger partial charge in [0.05, 0.1) is 0 Å². The van der Waals surface area contributed by atoms with Crippen molar-refractivity contribution >= 4 is 33.7 Å². The summed E-state index contributed by atoms with van der Waals surface area (Å²) in [5.74, 6) is -0.954. The van der Waals surface area contributed by atoms with Crippen LogP contribution in [-0.2, 0) is 4.79 Å². The van der Waals surface area contributed by atoms with Gasteiger partial charge in [0.1, 0.15) is 0 Å². The molecule has 4 heteroatoms. The lowest BCUT2D eigenvalue weighted by Crippen LogP contribution is -2.16. The van der Waals surface area contributed by atoms with E-state index in [2.05, 4.69) is 22.5 Å². The molecule has 0 aliphatic heterocycles. The second kappa shape index (κ2) is 6.25. The topological polar surface area (TPSA) is 40.5 Å². The highest BCUT2D eigenvalue weighted by atomic mass is 79.9. The Balaban J connectivity index is 2.93. The molecule has 0 saturated carbocycles. The highest BCUT2D eigenvalue weighted by Crippen LogP contribution is 2.24. The van der Waals surface area contributed by atoms with E-state index in [1.807, 2.05) is 36.2 Å². The van der Waals surface area contributed by atoms with Gasteiger partial charge in [-0.15, -0.1) is 6.58 Å². The summed E-state index contributed by atoms with van der Waals surface area (Å²) in [5.41, 5.74) is 1.88. The van der Waals surface area contributed by atoms with Crippen LogP contribution < -0.4 is 4.90 Å². The van der Waals surface area contributed by atoms with Crippen molar-refractivity contribution in [2.24, 2.45) is 0 Å². The maximum absolute atomic E-state index is 10.4. The van der Waals surface area contributed by atoms with Gasteiger partial charge < -0.3 is 10.0 Å². The lowest BCUT2D eigenvalue weighted by molar-refractivity contribution is -0.131. The summed E-state index contributed by atoms with van der Waals surface area (Å²) in [6.45, 7) is 4.45. The first-order chi connectivity index (χ1) is 8.04. The van der Waals surface area contributed by atoms with Crippen LogP contribution in [0.4, 0.5) is 5.69 Å². The van der Waals surface area contributed by atoms with E-state index in [4.69, 9.17) is 5.11 Å². The highest BCUT2D eigenvalue weighted by molar-refractivity contribution is 9.10. The smallest absolute Gasteiger partial charge is 0.328 e. The van der Waals surface area contributed by atoms with E-state index in [9.17, 15) is 4.79 Å². The fourth-order valence-corrected chi connectivity index (χ4v) is 1.85. The van der Waals surface area contributed by atoms with Crippen molar-refractivity contribution in [1.29, 1.82) is 0 Å². The van der Waals surface area contributed by atoms with Crippen LogP contribution >= 0.6 is 15.9 Å². The van der Waals surface area contributed by atoms with Gasteiger partial charge in [0, 0.05) is 29.8 Å². The quantitative estimate of drug-likeness (QED) is 0.670. The SMILES string of the molecule is C=CCN(C)c1ccc(/C=C/C(=O)O)c(Br)c1. The molecule has 1 N–H and O–H groups in total. The van der Waals surface area contributed by atoms with Crippen molar-refractivity contribution in [3.05, 3.63) is 47.0 Å². The van der Waals surface area contributed by atoms with E-state index in [0.717, 1.165) is 28.3 Å². The Kier molecular flexibility index (Phi) is 4.97. The fraction of sp³-hybridized carbons (Fsp3) is 0.154. The van der Waals surface area contributed by atoms with E-state index < -0.39 is 5.97 Å². The van der Waals surface area contributed by atoms with Gasteiger partial charge in [0.15, 0.2) is 0 Å². The third-order valence-electron chi connectivity index (χ3n) is 2.23. The summed E-state index contributed by atoms with van der Waals surface area (Å²) in [6, 6.07) is 5.76. The molecule has 1 aromatic carbocycles. The van der Waals surface area contributed by atoms with Gasteiger partial charge in [0.2, 0.25) is 0 Å². The van der Waals surface area contributed by atoms with Crippen molar-refractivity contribution in [2.45, 2.75) is 0 Å². The van der Waals surface area contributed by atoms with Crippen LogP contribution in [0.3, 0.4) is 0 Å². The summed E-state index contributed by atoms with van der Waals surface area (Å²) in [4.78, 5) is 12.5. The van der Waals surface area contributed by atoms with E-state index >= 15 is 0 Å². The van der Waals surface area contributed by atoms with E-state index in [1.54, 1.807) is 6.08 Å². The van der Waals surface area contributed by atoms with Crippen molar-refractivity contribution in [3.63, 3.8) is 0 Å². The van der Waals surface area contributed by atoms with Crippen LogP contribution in [-0.4, -0.2) is 24.7 Å². The number of nitrogens with zero attached hydrogens (tertiary/aromatic N) is 1. The standard InChI is InChI=1S/C13H14BrNO2/c1-3-8-15(2)11-6-4-10(12(14)9-11)5-7-13(16)17/h3-7,9H,1,8H2,2H3,(H,16,17)/b7-5+. The number of aliphatic carboxylic acids is 1. The predicted molar refractivity (Wildman–Crippen MR) is 74.3 cm³/mol. The maximum Gasteiger partial charge on any atom is 0.328 e. The van der Waals surface area contributed by atoms with Gasteiger partial charge >= 0.3 is 5.97 Å². The van der Waals surface area contributed by atoms with Gasteiger partial charge in [-0.2, -0.15) is 0 Å². The normalized spacial score (nSPS) is 10.5. The molecule has 0 atom stereocenters. The Labute approximate surface area is 109 Å². The zero-order valence-corrected chi connectivity index (χ0v) is 11.1. The summed E-state index contributed by atoms with van der Waals surface area (Å²) in [7, 11) is 1.97. The minimum Gasteiger partial charge on any atom is -0.478 e. The average molecular weight is 296 g/mol. The predicted octanol–water partition coefficient (Wildman–Crippen LogP) is 3.17. The second-order valence-corrected chi connectivity index (χ2v) is 4.40. The molecule has 0 aliphatic carbocycles. The number of rotatable bonds is 5. The monoisotopic (exact) mass is 295 g/mol. The molecule has 0 amide bonds. The lowest BCUT2D eigenvalue weighted by Gasteiger charge is -2.17. The van der Waals surface area contributed by atoms with Gasteiger partial charge in [-0.1, -0.05) is 28.1 Å². The van der Waals surface area contributed by atoms with Crippen LogP contribution in [0.1, 0.15) is 5.56 Å². The third-order valence-corrected chi connectivity index (χ3v) is 2.92. The summed E-state index contributed by atoms with van der Waals surface area (Å²) < 4.78 is 0.864. The summed E-state index contributed by atoms with van der Waals surface area (Å²) in [6.07, 6.45) is 4.50. The number of carboxylic acid groups (broad SMARTS) is 1. The molecule has 90 valence electrons. The van der Waals surface area contributed by atoms with Crippen LogP contribution in [0.2, 0.25) is 0 Å². The first-order valence-electron chi connectivity index (χ1n) is 5.07.